The van der Waals surface area contributed by atoms with Crippen molar-refractivity contribution in [2.24, 2.45) is 0 Å². The molecule has 0 radical (unpaired) electrons. The second-order valence-electron chi connectivity index (χ2n) is 22.9. The maximum Gasteiger partial charge on any atom is 0.252 e. The third kappa shape index (κ3) is 6.18. The van der Waals surface area contributed by atoms with Gasteiger partial charge in [-0.05, 0) is 176 Å². The van der Waals surface area contributed by atoms with E-state index in [2.05, 4.69) is 209 Å². The first-order chi connectivity index (χ1) is 28.7. The zero-order chi connectivity index (χ0) is 43.2. The minimum Gasteiger partial charge on any atom is -0.311 e. The molecule has 0 saturated carbocycles. The third-order valence-corrected chi connectivity index (χ3v) is 15.7. The molecule has 0 fully saturated rings. The van der Waals surface area contributed by atoms with Crippen molar-refractivity contribution in [1.29, 1.82) is 0 Å². The summed E-state index contributed by atoms with van der Waals surface area (Å²) in [6.45, 7) is 31.5. The van der Waals surface area contributed by atoms with Gasteiger partial charge in [0.05, 0.1) is 0 Å². The van der Waals surface area contributed by atoms with Gasteiger partial charge in [0.15, 0.2) is 0 Å². The lowest BCUT2D eigenvalue weighted by atomic mass is 9.33. The second-order valence-corrected chi connectivity index (χ2v) is 22.9. The fraction of sp³-hybridized carbons (Fsp3) is 0.379. The Bertz CT molecular complexity index is 2780. The smallest absolute Gasteiger partial charge is 0.252 e. The topological polar surface area (TPSA) is 6.48 Å². The molecule has 0 amide bonds. The molecule has 310 valence electrons. The molecule has 3 heteroatoms. The van der Waals surface area contributed by atoms with E-state index in [0.717, 1.165) is 0 Å². The van der Waals surface area contributed by atoms with Gasteiger partial charge < -0.3 is 9.80 Å². The molecular weight excluding hydrogens is 735 g/mol. The van der Waals surface area contributed by atoms with Crippen LogP contribution in [-0.4, -0.2) is 6.71 Å². The summed E-state index contributed by atoms with van der Waals surface area (Å²) in [6, 6.07) is 43.2. The summed E-state index contributed by atoms with van der Waals surface area (Å²) >= 11 is 0. The summed E-state index contributed by atoms with van der Waals surface area (Å²) in [5, 5.41) is 0. The quantitative estimate of drug-likeness (QED) is 0.164. The van der Waals surface area contributed by atoms with Gasteiger partial charge in [0.1, 0.15) is 0 Å². The molecule has 0 spiro atoms. The lowest BCUT2D eigenvalue weighted by Crippen LogP contribution is -2.62. The molecule has 0 N–H and O–H groups in total. The van der Waals surface area contributed by atoms with E-state index in [-0.39, 0.29) is 33.8 Å². The van der Waals surface area contributed by atoms with E-state index in [9.17, 15) is 0 Å². The van der Waals surface area contributed by atoms with E-state index in [1.807, 2.05) is 0 Å². The van der Waals surface area contributed by atoms with Gasteiger partial charge >= 0.3 is 0 Å². The van der Waals surface area contributed by atoms with Crippen LogP contribution in [0.25, 0.3) is 11.1 Å². The van der Waals surface area contributed by atoms with Gasteiger partial charge in [-0.1, -0.05) is 143 Å². The van der Waals surface area contributed by atoms with Crippen molar-refractivity contribution in [3.63, 3.8) is 0 Å². The highest BCUT2D eigenvalue weighted by atomic mass is 15.2. The summed E-state index contributed by atoms with van der Waals surface area (Å²) in [5.41, 5.74) is 24.8. The first kappa shape index (κ1) is 40.1. The first-order valence-corrected chi connectivity index (χ1v) is 23.1. The molecule has 6 aromatic carbocycles. The van der Waals surface area contributed by atoms with Crippen molar-refractivity contribution in [2.45, 2.75) is 143 Å². The molecule has 4 aliphatic rings. The normalized spacial score (nSPS) is 18.7. The van der Waals surface area contributed by atoms with E-state index < -0.39 is 0 Å². The number of aryl methyl sites for hydroxylation is 2. The molecule has 10 rings (SSSR count). The van der Waals surface area contributed by atoms with Gasteiger partial charge in [-0.3, -0.25) is 0 Å². The van der Waals surface area contributed by atoms with Gasteiger partial charge in [-0.2, -0.15) is 0 Å². The third-order valence-electron chi connectivity index (χ3n) is 15.7. The minimum absolute atomic E-state index is 0.00951. The van der Waals surface area contributed by atoms with Crippen LogP contribution in [0.4, 0.5) is 34.1 Å². The molecule has 2 aliphatic heterocycles. The number of hydrogen-bond donors (Lipinski definition) is 0. The first-order valence-electron chi connectivity index (χ1n) is 23.1. The molecule has 0 aromatic heterocycles. The highest BCUT2D eigenvalue weighted by Crippen LogP contribution is 2.53. The Morgan fingerprint density at radius 2 is 1.03 bits per heavy atom. The Morgan fingerprint density at radius 3 is 1.67 bits per heavy atom. The van der Waals surface area contributed by atoms with Crippen molar-refractivity contribution in [1.82, 2.24) is 0 Å². The van der Waals surface area contributed by atoms with Gasteiger partial charge in [0, 0.05) is 34.1 Å². The van der Waals surface area contributed by atoms with E-state index in [4.69, 9.17) is 0 Å². The molecule has 0 atom stereocenters. The number of benzene rings is 6. The van der Waals surface area contributed by atoms with Crippen LogP contribution in [0.15, 0.2) is 109 Å². The van der Waals surface area contributed by atoms with Crippen molar-refractivity contribution in [3.8, 4) is 11.1 Å². The SMILES string of the molecule is Cc1cc2c3c(c1)N(c1cc(-c4ccccc4)ccc1C)c1cc(C(C)(C)C)ccc1B3c1cc3c(cc1N2c1ccc2c(c1)C(C)(C)CCC2(C)C)C(C)(C)CCC3(C)C. The molecule has 0 unspecified atom stereocenters. The van der Waals surface area contributed by atoms with Crippen molar-refractivity contribution >= 4 is 57.2 Å². The summed E-state index contributed by atoms with van der Waals surface area (Å²) in [5.74, 6) is 0. The van der Waals surface area contributed by atoms with Gasteiger partial charge in [0.25, 0.3) is 6.71 Å². The summed E-state index contributed by atoms with van der Waals surface area (Å²) in [6.07, 6.45) is 4.77. The monoisotopic (exact) mass is 801 g/mol. The van der Waals surface area contributed by atoms with Crippen LogP contribution >= 0.6 is 0 Å². The Hall–Kier alpha value is -5.02. The summed E-state index contributed by atoms with van der Waals surface area (Å²) in [4.78, 5) is 5.33. The van der Waals surface area contributed by atoms with Crippen LogP contribution in [0.1, 0.15) is 141 Å². The highest BCUT2D eigenvalue weighted by Gasteiger charge is 2.47. The average molecular weight is 801 g/mol. The zero-order valence-electron chi connectivity index (χ0n) is 39.2. The van der Waals surface area contributed by atoms with Gasteiger partial charge in [-0.25, -0.2) is 0 Å². The van der Waals surface area contributed by atoms with Crippen molar-refractivity contribution in [2.75, 3.05) is 9.80 Å². The van der Waals surface area contributed by atoms with E-state index in [1.165, 1.54) is 126 Å². The summed E-state index contributed by atoms with van der Waals surface area (Å²) < 4.78 is 0. The number of fused-ring (bicyclic) bond motifs is 6. The molecule has 6 aromatic rings. The molecular formula is C58H65BN2. The molecule has 0 bridgehead atoms. The van der Waals surface area contributed by atoms with Crippen LogP contribution in [0, 0.1) is 13.8 Å². The van der Waals surface area contributed by atoms with Crippen molar-refractivity contribution in [3.05, 3.63) is 148 Å². The Morgan fingerprint density at radius 1 is 0.459 bits per heavy atom. The number of rotatable bonds is 3. The fourth-order valence-electron chi connectivity index (χ4n) is 11.6. The lowest BCUT2D eigenvalue weighted by Gasteiger charge is -2.48. The number of hydrogen-bond acceptors (Lipinski definition) is 2. The Balaban J connectivity index is 1.32. The summed E-state index contributed by atoms with van der Waals surface area (Å²) in [7, 11) is 0. The van der Waals surface area contributed by atoms with Crippen LogP contribution < -0.4 is 26.2 Å². The molecule has 2 aliphatic carbocycles. The molecule has 2 heterocycles. The van der Waals surface area contributed by atoms with E-state index in [1.54, 1.807) is 0 Å². The van der Waals surface area contributed by atoms with Gasteiger partial charge in [0.2, 0.25) is 0 Å². The predicted molar refractivity (Wildman–Crippen MR) is 265 cm³/mol. The van der Waals surface area contributed by atoms with Crippen molar-refractivity contribution < 1.29 is 0 Å². The maximum absolute atomic E-state index is 2.69. The average Bonchev–Trinajstić information content (AvgIpc) is 3.21. The minimum atomic E-state index is -0.00951. The number of anilines is 6. The largest absolute Gasteiger partial charge is 0.311 e. The fourth-order valence-corrected chi connectivity index (χ4v) is 11.6. The highest BCUT2D eigenvalue weighted by molar-refractivity contribution is 7.00. The maximum atomic E-state index is 2.69. The number of nitrogens with zero attached hydrogens (tertiary/aromatic N) is 2. The van der Waals surface area contributed by atoms with E-state index >= 15 is 0 Å². The van der Waals surface area contributed by atoms with Crippen LogP contribution in [0.3, 0.4) is 0 Å². The lowest BCUT2D eigenvalue weighted by molar-refractivity contribution is 0.332. The molecule has 61 heavy (non-hydrogen) atoms. The Kier molecular flexibility index (Phi) is 8.70. The van der Waals surface area contributed by atoms with Crippen LogP contribution in [0.2, 0.25) is 0 Å². The second kappa shape index (κ2) is 13.2. The Labute approximate surface area is 367 Å². The molecule has 2 nitrogen and oxygen atoms in total. The van der Waals surface area contributed by atoms with Gasteiger partial charge in [-0.15, -0.1) is 0 Å². The van der Waals surface area contributed by atoms with E-state index in [0.29, 0.717) is 0 Å². The predicted octanol–water partition coefficient (Wildman–Crippen LogP) is 14.0. The van der Waals surface area contributed by atoms with Crippen LogP contribution in [-0.2, 0) is 27.1 Å². The standard InChI is InChI=1S/C58H65BN2/c1-36-29-51-53-52(30-36)61(48-31-39(20-19-37(48)2)38-17-15-14-16-18-38)49-32-40(54(3,4)5)21-24-46(49)59(53)47-34-44-45(58(12,13)28-27-57(44,10)11)35-50(47)60(51)41-22-23-42-43(33-41)56(8,9)26-25-55(42,6)7/h14-24,29-35H,25-28H2,1-13H3. The van der Waals surface area contributed by atoms with Crippen LogP contribution in [0.5, 0.6) is 0 Å². The molecule has 0 saturated heterocycles. The zero-order valence-corrected chi connectivity index (χ0v) is 39.2.